The molecule has 0 aromatic heterocycles. The van der Waals surface area contributed by atoms with Crippen LogP contribution in [0.25, 0.3) is 0 Å². The van der Waals surface area contributed by atoms with E-state index in [2.05, 4.69) is 54.1 Å². The number of methoxy groups -OCH3 is 2. The lowest BCUT2D eigenvalue weighted by Gasteiger charge is -2.22. The van der Waals surface area contributed by atoms with Gasteiger partial charge in [0.05, 0.1) is 25.6 Å². The maximum Gasteiger partial charge on any atom is 0.143 e. The number of benzene rings is 2. The molecule has 1 aliphatic rings. The van der Waals surface area contributed by atoms with Gasteiger partial charge in [-0.05, 0) is 48.9 Å². The Labute approximate surface area is 162 Å². The van der Waals surface area contributed by atoms with Gasteiger partial charge in [0.25, 0.3) is 0 Å². The highest BCUT2D eigenvalue weighted by Crippen LogP contribution is 2.36. The molecule has 1 atom stereocenters. The minimum absolute atomic E-state index is 0.575. The van der Waals surface area contributed by atoms with Gasteiger partial charge < -0.3 is 14.4 Å². The summed E-state index contributed by atoms with van der Waals surface area (Å²) in [6, 6.07) is 12.5. The first kappa shape index (κ1) is 19.3. The lowest BCUT2D eigenvalue weighted by atomic mass is 9.99. The predicted molar refractivity (Wildman–Crippen MR) is 113 cm³/mol. The molecule has 0 unspecified atom stereocenters. The number of ether oxygens (including phenoxy) is 2. The predicted octanol–water partition coefficient (Wildman–Crippen LogP) is 5.57. The highest BCUT2D eigenvalue weighted by molar-refractivity contribution is 5.88. The third kappa shape index (κ3) is 4.44. The minimum atomic E-state index is 0.575. The van der Waals surface area contributed by atoms with Gasteiger partial charge in [-0.15, -0.1) is 0 Å². The molecule has 3 rings (SSSR count). The molecule has 1 fully saturated rings. The number of anilines is 1. The minimum Gasteiger partial charge on any atom is -0.496 e. The van der Waals surface area contributed by atoms with Crippen molar-refractivity contribution in [2.45, 2.75) is 39.0 Å². The van der Waals surface area contributed by atoms with Crippen molar-refractivity contribution >= 4 is 17.6 Å². The lowest BCUT2D eigenvalue weighted by Crippen LogP contribution is -2.18. The summed E-state index contributed by atoms with van der Waals surface area (Å²) in [6.45, 7) is 6.59. The van der Waals surface area contributed by atoms with Gasteiger partial charge in [0.2, 0.25) is 0 Å². The van der Waals surface area contributed by atoms with Crippen LogP contribution in [0.3, 0.4) is 0 Å². The average Bonchev–Trinajstić information content (AvgIpc) is 3.26. The van der Waals surface area contributed by atoms with Crippen molar-refractivity contribution in [3.05, 3.63) is 47.5 Å². The van der Waals surface area contributed by atoms with Gasteiger partial charge in [-0.2, -0.15) is 0 Å². The Hall–Kier alpha value is -2.49. The lowest BCUT2D eigenvalue weighted by molar-refractivity contribution is 0.402. The van der Waals surface area contributed by atoms with Crippen LogP contribution in [0.5, 0.6) is 11.5 Å². The summed E-state index contributed by atoms with van der Waals surface area (Å²) < 4.78 is 11.3. The van der Waals surface area contributed by atoms with Crippen LogP contribution in [-0.2, 0) is 0 Å². The Kier molecular flexibility index (Phi) is 6.38. The molecule has 2 aromatic rings. The fraction of sp³-hybridized carbons (Fsp3) is 0.435. The normalized spacial score (nSPS) is 15.3. The smallest absolute Gasteiger partial charge is 0.143 e. The monoisotopic (exact) mass is 366 g/mol. The number of nitrogens with zero attached hydrogens (tertiary/aromatic N) is 2. The van der Waals surface area contributed by atoms with Gasteiger partial charge in [0.1, 0.15) is 11.5 Å². The molecule has 1 heterocycles. The maximum atomic E-state index is 5.65. The summed E-state index contributed by atoms with van der Waals surface area (Å²) in [5.41, 5.74) is 4.31. The fourth-order valence-corrected chi connectivity index (χ4v) is 3.48. The summed E-state index contributed by atoms with van der Waals surface area (Å²) in [7, 11) is 3.42. The first-order valence-corrected chi connectivity index (χ1v) is 9.81. The first-order valence-electron chi connectivity index (χ1n) is 9.81. The SMILES string of the molecule is CC[C@H](C)c1ccc(N=Cc2cc(OC)c(N3CCCC3)cc2OC)cc1. The molecule has 0 saturated carbocycles. The van der Waals surface area contributed by atoms with Crippen LogP contribution in [0.15, 0.2) is 41.4 Å². The van der Waals surface area contributed by atoms with Crippen LogP contribution in [0.2, 0.25) is 0 Å². The van der Waals surface area contributed by atoms with E-state index in [0.29, 0.717) is 5.92 Å². The number of hydrogen-bond donors (Lipinski definition) is 0. The van der Waals surface area contributed by atoms with Crippen molar-refractivity contribution in [1.29, 1.82) is 0 Å². The molecule has 144 valence electrons. The van der Waals surface area contributed by atoms with Gasteiger partial charge in [-0.1, -0.05) is 26.0 Å². The third-order valence-electron chi connectivity index (χ3n) is 5.41. The van der Waals surface area contributed by atoms with Crippen molar-refractivity contribution < 1.29 is 9.47 Å². The summed E-state index contributed by atoms with van der Waals surface area (Å²) in [5.74, 6) is 2.26. The molecular formula is C23H30N2O2. The van der Waals surface area contributed by atoms with Crippen LogP contribution >= 0.6 is 0 Å². The van der Waals surface area contributed by atoms with E-state index in [0.717, 1.165) is 47.9 Å². The zero-order valence-corrected chi connectivity index (χ0v) is 16.9. The van der Waals surface area contributed by atoms with Gasteiger partial charge in [0.15, 0.2) is 0 Å². The van der Waals surface area contributed by atoms with Crippen molar-refractivity contribution in [3.63, 3.8) is 0 Å². The van der Waals surface area contributed by atoms with E-state index >= 15 is 0 Å². The standard InChI is InChI=1S/C23H30N2O2/c1-5-17(2)18-8-10-20(11-9-18)24-16-19-14-23(27-4)21(15-22(19)26-3)25-12-6-7-13-25/h8-11,14-17H,5-7,12-13H2,1-4H3/t17-/m0/s1. The Bertz CT molecular complexity index is 778. The second kappa shape index (κ2) is 8.94. The van der Waals surface area contributed by atoms with Crippen molar-refractivity contribution in [2.24, 2.45) is 4.99 Å². The van der Waals surface area contributed by atoms with Crippen LogP contribution < -0.4 is 14.4 Å². The molecular weight excluding hydrogens is 336 g/mol. The van der Waals surface area contributed by atoms with E-state index in [9.17, 15) is 0 Å². The molecule has 0 amide bonds. The fourth-order valence-electron chi connectivity index (χ4n) is 3.48. The van der Waals surface area contributed by atoms with E-state index in [4.69, 9.17) is 9.47 Å². The van der Waals surface area contributed by atoms with Gasteiger partial charge in [-0.25, -0.2) is 0 Å². The van der Waals surface area contributed by atoms with Gasteiger partial charge in [0, 0.05) is 30.9 Å². The second-order valence-electron chi connectivity index (χ2n) is 7.12. The summed E-state index contributed by atoms with van der Waals surface area (Å²) in [6.07, 6.45) is 5.44. The maximum absolute atomic E-state index is 5.65. The van der Waals surface area contributed by atoms with Crippen LogP contribution in [0, 0.1) is 0 Å². The largest absolute Gasteiger partial charge is 0.496 e. The highest BCUT2D eigenvalue weighted by atomic mass is 16.5. The Morgan fingerprint density at radius 3 is 2.30 bits per heavy atom. The molecule has 1 aliphatic heterocycles. The highest BCUT2D eigenvalue weighted by Gasteiger charge is 2.19. The molecule has 0 spiro atoms. The zero-order chi connectivity index (χ0) is 19.2. The molecule has 4 nitrogen and oxygen atoms in total. The van der Waals surface area contributed by atoms with Crippen molar-refractivity contribution in [3.8, 4) is 11.5 Å². The first-order chi connectivity index (χ1) is 13.2. The van der Waals surface area contributed by atoms with Gasteiger partial charge in [-0.3, -0.25) is 4.99 Å². The van der Waals surface area contributed by atoms with Gasteiger partial charge >= 0.3 is 0 Å². The van der Waals surface area contributed by atoms with Crippen molar-refractivity contribution in [2.75, 3.05) is 32.2 Å². The molecule has 2 aromatic carbocycles. The second-order valence-corrected chi connectivity index (χ2v) is 7.12. The van der Waals surface area contributed by atoms with E-state index in [1.54, 1.807) is 14.2 Å². The average molecular weight is 367 g/mol. The van der Waals surface area contributed by atoms with E-state index < -0.39 is 0 Å². The quantitative estimate of drug-likeness (QED) is 0.601. The molecule has 4 heteroatoms. The molecule has 1 saturated heterocycles. The Morgan fingerprint density at radius 2 is 1.70 bits per heavy atom. The van der Waals surface area contributed by atoms with Crippen molar-refractivity contribution in [1.82, 2.24) is 0 Å². The number of aliphatic imine (C=N–C) groups is 1. The molecule has 27 heavy (non-hydrogen) atoms. The van der Waals surface area contributed by atoms with Crippen LogP contribution in [-0.4, -0.2) is 33.5 Å². The summed E-state index contributed by atoms with van der Waals surface area (Å²) >= 11 is 0. The van der Waals surface area contributed by atoms with Crippen LogP contribution in [0.1, 0.15) is 50.2 Å². The van der Waals surface area contributed by atoms with E-state index in [-0.39, 0.29) is 0 Å². The zero-order valence-electron chi connectivity index (χ0n) is 16.9. The van der Waals surface area contributed by atoms with E-state index in [1.165, 1.54) is 18.4 Å². The summed E-state index contributed by atoms with van der Waals surface area (Å²) in [4.78, 5) is 7.00. The number of rotatable bonds is 7. The topological polar surface area (TPSA) is 34.1 Å². The Morgan fingerprint density at radius 1 is 1.04 bits per heavy atom. The number of hydrogen-bond acceptors (Lipinski definition) is 4. The molecule has 0 radical (unpaired) electrons. The Balaban J connectivity index is 1.86. The summed E-state index contributed by atoms with van der Waals surface area (Å²) in [5, 5.41) is 0. The molecule has 0 N–H and O–H groups in total. The third-order valence-corrected chi connectivity index (χ3v) is 5.41. The van der Waals surface area contributed by atoms with E-state index in [1.807, 2.05) is 12.3 Å². The molecule has 0 aliphatic carbocycles. The molecule has 0 bridgehead atoms. The van der Waals surface area contributed by atoms with Crippen LogP contribution in [0.4, 0.5) is 11.4 Å².